The first kappa shape index (κ1) is 24.3. The standard InChI is InChI=1S/C30H28N4O3/c1-18(2)16-33-29(35)25(20(4)26(15-31)30(33)36)14-23-17-34(24-8-6-5-7-9-24)32-28(23)21-10-11-27-22(13-21)12-19(3)37-27/h5-11,13-14,17-19H,12,16H2,1-4H3/b25-14+. The first-order valence-electron chi connectivity index (χ1n) is 12.4. The third kappa shape index (κ3) is 4.47. The van der Waals surface area contributed by atoms with E-state index in [1.165, 1.54) is 4.90 Å². The van der Waals surface area contributed by atoms with E-state index in [1.54, 1.807) is 17.7 Å². The predicted molar refractivity (Wildman–Crippen MR) is 141 cm³/mol. The van der Waals surface area contributed by atoms with Crippen molar-refractivity contribution in [2.75, 3.05) is 6.54 Å². The molecule has 7 heteroatoms. The zero-order valence-electron chi connectivity index (χ0n) is 21.4. The Hall–Kier alpha value is -4.44. The molecule has 1 aromatic heterocycles. The van der Waals surface area contributed by atoms with Crippen LogP contribution in [0, 0.1) is 17.2 Å². The number of ether oxygens (including phenoxy) is 1. The van der Waals surface area contributed by atoms with Gasteiger partial charge in [0.2, 0.25) is 0 Å². The highest BCUT2D eigenvalue weighted by atomic mass is 16.5. The zero-order chi connectivity index (χ0) is 26.3. The van der Waals surface area contributed by atoms with Gasteiger partial charge in [-0.3, -0.25) is 14.5 Å². The summed E-state index contributed by atoms with van der Waals surface area (Å²) < 4.78 is 7.65. The fourth-order valence-corrected chi connectivity index (χ4v) is 4.82. The first-order chi connectivity index (χ1) is 17.8. The van der Waals surface area contributed by atoms with Crippen molar-refractivity contribution in [1.29, 1.82) is 5.26 Å². The van der Waals surface area contributed by atoms with Gasteiger partial charge in [-0.1, -0.05) is 32.0 Å². The molecule has 3 heterocycles. The van der Waals surface area contributed by atoms with Crippen molar-refractivity contribution in [3.05, 3.63) is 82.6 Å². The second kappa shape index (κ2) is 9.55. The molecule has 0 N–H and O–H groups in total. The van der Waals surface area contributed by atoms with Crippen molar-refractivity contribution >= 4 is 17.9 Å². The summed E-state index contributed by atoms with van der Waals surface area (Å²) in [7, 11) is 0. The molecule has 0 saturated carbocycles. The van der Waals surface area contributed by atoms with Gasteiger partial charge < -0.3 is 4.74 Å². The maximum atomic E-state index is 13.5. The number of fused-ring (bicyclic) bond motifs is 1. The van der Waals surface area contributed by atoms with Gasteiger partial charge in [0, 0.05) is 35.9 Å². The molecule has 1 unspecified atom stereocenters. The fourth-order valence-electron chi connectivity index (χ4n) is 4.82. The van der Waals surface area contributed by atoms with Crippen molar-refractivity contribution in [2.45, 2.75) is 40.2 Å². The summed E-state index contributed by atoms with van der Waals surface area (Å²) in [5, 5.41) is 14.6. The van der Waals surface area contributed by atoms with E-state index >= 15 is 0 Å². The Morgan fingerprint density at radius 2 is 1.92 bits per heavy atom. The molecular weight excluding hydrogens is 464 g/mol. The fraction of sp³-hybridized carbons (Fsp3) is 0.267. The lowest BCUT2D eigenvalue weighted by Gasteiger charge is -2.28. The summed E-state index contributed by atoms with van der Waals surface area (Å²) in [6.45, 7) is 7.80. The van der Waals surface area contributed by atoms with Crippen LogP contribution in [0.15, 0.2) is 71.4 Å². The Kier molecular flexibility index (Phi) is 6.26. The van der Waals surface area contributed by atoms with E-state index in [-0.39, 0.29) is 24.1 Å². The van der Waals surface area contributed by atoms with Gasteiger partial charge in [-0.15, -0.1) is 0 Å². The van der Waals surface area contributed by atoms with Crippen molar-refractivity contribution < 1.29 is 14.3 Å². The number of hydrogen-bond donors (Lipinski definition) is 0. The average Bonchev–Trinajstić information content (AvgIpc) is 3.47. The molecule has 0 radical (unpaired) electrons. The summed E-state index contributed by atoms with van der Waals surface area (Å²) in [4.78, 5) is 27.6. The topological polar surface area (TPSA) is 88.2 Å². The first-order valence-corrected chi connectivity index (χ1v) is 12.4. The number of carbonyl (C=O) groups excluding carboxylic acids is 2. The van der Waals surface area contributed by atoms with E-state index in [0.29, 0.717) is 16.8 Å². The second-order valence-corrected chi connectivity index (χ2v) is 9.95. The van der Waals surface area contributed by atoms with Gasteiger partial charge in [0.15, 0.2) is 0 Å². The predicted octanol–water partition coefficient (Wildman–Crippen LogP) is 5.11. The van der Waals surface area contributed by atoms with Gasteiger partial charge in [-0.05, 0) is 67.3 Å². The molecule has 2 aliphatic rings. The van der Waals surface area contributed by atoms with E-state index in [0.717, 1.165) is 34.5 Å². The molecule has 186 valence electrons. The summed E-state index contributed by atoms with van der Waals surface area (Å²) in [6.07, 6.45) is 4.56. The Balaban J connectivity index is 1.68. The van der Waals surface area contributed by atoms with Crippen molar-refractivity contribution in [1.82, 2.24) is 14.7 Å². The Labute approximate surface area is 216 Å². The number of carbonyl (C=O) groups is 2. The minimum atomic E-state index is -0.538. The lowest BCUT2D eigenvalue weighted by molar-refractivity contribution is -0.141. The van der Waals surface area contributed by atoms with Crippen LogP contribution in [0.5, 0.6) is 5.75 Å². The Bertz CT molecular complexity index is 1510. The molecule has 1 atom stereocenters. The Morgan fingerprint density at radius 3 is 2.62 bits per heavy atom. The third-order valence-corrected chi connectivity index (χ3v) is 6.61. The number of imide groups is 1. The highest BCUT2D eigenvalue weighted by molar-refractivity contribution is 6.19. The number of benzene rings is 2. The van der Waals surface area contributed by atoms with Crippen LogP contribution >= 0.6 is 0 Å². The van der Waals surface area contributed by atoms with Crippen LogP contribution in [0.4, 0.5) is 0 Å². The van der Waals surface area contributed by atoms with Crippen LogP contribution in [-0.4, -0.2) is 39.1 Å². The minimum absolute atomic E-state index is 0.00725. The molecule has 37 heavy (non-hydrogen) atoms. The lowest BCUT2D eigenvalue weighted by Crippen LogP contribution is -2.44. The van der Waals surface area contributed by atoms with E-state index in [4.69, 9.17) is 9.84 Å². The van der Waals surface area contributed by atoms with Crippen molar-refractivity contribution in [3.8, 4) is 28.8 Å². The maximum Gasteiger partial charge on any atom is 0.271 e. The van der Waals surface area contributed by atoms with Gasteiger partial charge in [-0.2, -0.15) is 10.4 Å². The van der Waals surface area contributed by atoms with Crippen LogP contribution in [0.1, 0.15) is 38.8 Å². The largest absolute Gasteiger partial charge is 0.490 e. The highest BCUT2D eigenvalue weighted by Crippen LogP contribution is 2.35. The minimum Gasteiger partial charge on any atom is -0.490 e. The molecule has 0 aliphatic carbocycles. The lowest BCUT2D eigenvalue weighted by atomic mass is 9.92. The third-order valence-electron chi connectivity index (χ3n) is 6.61. The van der Waals surface area contributed by atoms with Gasteiger partial charge >= 0.3 is 0 Å². The molecule has 2 aromatic carbocycles. The summed E-state index contributed by atoms with van der Waals surface area (Å²) in [5.74, 6) is 0.00915. The summed E-state index contributed by atoms with van der Waals surface area (Å²) in [5.41, 5.74) is 5.01. The Morgan fingerprint density at radius 1 is 1.16 bits per heavy atom. The molecule has 3 aromatic rings. The van der Waals surface area contributed by atoms with Gasteiger partial charge in [0.1, 0.15) is 23.5 Å². The number of hydrogen-bond acceptors (Lipinski definition) is 5. The quantitative estimate of drug-likeness (QED) is 0.365. The van der Waals surface area contributed by atoms with E-state index in [2.05, 4.69) is 6.07 Å². The van der Waals surface area contributed by atoms with Crippen LogP contribution < -0.4 is 4.74 Å². The monoisotopic (exact) mass is 492 g/mol. The molecule has 0 fully saturated rings. The normalized spacial score (nSPS) is 18.4. The number of aromatic nitrogens is 2. The SMILES string of the molecule is CC1=C(C#N)C(=O)N(CC(C)C)C(=O)/C1=C/c1cn(-c2ccccc2)nc1-c1ccc2c(c1)CC(C)O2. The summed E-state index contributed by atoms with van der Waals surface area (Å²) in [6, 6.07) is 17.8. The molecule has 0 bridgehead atoms. The van der Waals surface area contributed by atoms with E-state index < -0.39 is 11.8 Å². The molecule has 2 amide bonds. The highest BCUT2D eigenvalue weighted by Gasteiger charge is 2.36. The van der Waals surface area contributed by atoms with Crippen molar-refractivity contribution in [2.24, 2.45) is 5.92 Å². The average molecular weight is 493 g/mol. The van der Waals surface area contributed by atoms with Crippen molar-refractivity contribution in [3.63, 3.8) is 0 Å². The van der Waals surface area contributed by atoms with Crippen LogP contribution in [0.25, 0.3) is 23.0 Å². The second-order valence-electron chi connectivity index (χ2n) is 9.95. The molecule has 2 aliphatic heterocycles. The molecule has 7 nitrogen and oxygen atoms in total. The van der Waals surface area contributed by atoms with E-state index in [1.807, 2.05) is 75.5 Å². The van der Waals surface area contributed by atoms with Gasteiger partial charge in [-0.25, -0.2) is 4.68 Å². The molecular formula is C30H28N4O3. The van der Waals surface area contributed by atoms with Crippen LogP contribution in [-0.2, 0) is 16.0 Å². The number of nitriles is 1. The van der Waals surface area contributed by atoms with Gasteiger partial charge in [0.25, 0.3) is 11.8 Å². The number of para-hydroxylation sites is 1. The molecule has 0 spiro atoms. The van der Waals surface area contributed by atoms with Crippen LogP contribution in [0.3, 0.4) is 0 Å². The summed E-state index contributed by atoms with van der Waals surface area (Å²) >= 11 is 0. The molecule has 0 saturated heterocycles. The number of nitrogens with zero attached hydrogens (tertiary/aromatic N) is 4. The van der Waals surface area contributed by atoms with E-state index in [9.17, 15) is 14.9 Å². The van der Waals surface area contributed by atoms with Gasteiger partial charge in [0.05, 0.1) is 11.4 Å². The number of amides is 2. The smallest absolute Gasteiger partial charge is 0.271 e. The molecule has 5 rings (SSSR count). The maximum absolute atomic E-state index is 13.5. The van der Waals surface area contributed by atoms with Crippen LogP contribution in [0.2, 0.25) is 0 Å². The zero-order valence-corrected chi connectivity index (χ0v) is 21.4. The number of rotatable bonds is 5.